The molecular weight excluding hydrogens is 228 g/mol. The lowest BCUT2D eigenvalue weighted by atomic mass is 9.93. The largest absolute Gasteiger partial charge is 0.491 e. The Balaban J connectivity index is 2.23. The van der Waals surface area contributed by atoms with E-state index in [4.69, 9.17) is 10.00 Å². The van der Waals surface area contributed by atoms with Crippen LogP contribution in [-0.2, 0) is 11.3 Å². The summed E-state index contributed by atoms with van der Waals surface area (Å²) in [6.07, 6.45) is 0. The maximum absolute atomic E-state index is 12.3. The Labute approximate surface area is 107 Å². The fraction of sp³-hybridized carbons (Fsp3) is 0.429. The molecule has 4 heteroatoms. The van der Waals surface area contributed by atoms with E-state index in [0.29, 0.717) is 19.7 Å². The van der Waals surface area contributed by atoms with Gasteiger partial charge in [0.05, 0.1) is 12.6 Å². The quantitative estimate of drug-likeness (QED) is 0.758. The van der Waals surface area contributed by atoms with Gasteiger partial charge in [-0.1, -0.05) is 18.2 Å². The zero-order valence-electron chi connectivity index (χ0n) is 10.6. The van der Waals surface area contributed by atoms with Crippen molar-refractivity contribution in [2.24, 2.45) is 5.41 Å². The lowest BCUT2D eigenvalue weighted by Crippen LogP contribution is -2.40. The molecule has 1 heterocycles. The van der Waals surface area contributed by atoms with Gasteiger partial charge in [0.2, 0.25) is 5.91 Å². The molecule has 1 aromatic rings. The molecule has 0 aromatic heterocycles. The molecule has 0 saturated carbocycles. The van der Waals surface area contributed by atoms with Gasteiger partial charge in [-0.3, -0.25) is 4.79 Å². The highest BCUT2D eigenvalue weighted by Gasteiger charge is 2.33. The predicted octanol–water partition coefficient (Wildman–Crippen LogP) is 1.96. The van der Waals surface area contributed by atoms with Crippen molar-refractivity contribution in [2.75, 3.05) is 13.2 Å². The van der Waals surface area contributed by atoms with Crippen LogP contribution in [0.3, 0.4) is 0 Å². The monoisotopic (exact) mass is 244 g/mol. The second kappa shape index (κ2) is 4.69. The molecule has 18 heavy (non-hydrogen) atoms. The first kappa shape index (κ1) is 12.4. The highest BCUT2D eigenvalue weighted by Crippen LogP contribution is 2.25. The third kappa shape index (κ3) is 2.30. The first-order chi connectivity index (χ1) is 8.54. The van der Waals surface area contributed by atoms with Crippen LogP contribution in [0.15, 0.2) is 24.3 Å². The van der Waals surface area contributed by atoms with Gasteiger partial charge < -0.3 is 9.64 Å². The van der Waals surface area contributed by atoms with E-state index < -0.39 is 5.41 Å². The first-order valence-electron chi connectivity index (χ1n) is 5.96. The van der Waals surface area contributed by atoms with Crippen molar-refractivity contribution in [3.05, 3.63) is 29.8 Å². The summed E-state index contributed by atoms with van der Waals surface area (Å²) in [5.41, 5.74) is -0.00341. The maximum Gasteiger partial charge on any atom is 0.242 e. The highest BCUT2D eigenvalue weighted by molar-refractivity contribution is 5.84. The number of para-hydroxylation sites is 1. The molecule has 0 fully saturated rings. The number of fused-ring (bicyclic) bond motifs is 1. The zero-order valence-corrected chi connectivity index (χ0v) is 10.6. The van der Waals surface area contributed by atoms with Crippen LogP contribution in [-0.4, -0.2) is 24.0 Å². The van der Waals surface area contributed by atoms with Crippen molar-refractivity contribution >= 4 is 5.91 Å². The van der Waals surface area contributed by atoms with E-state index in [1.807, 2.05) is 24.3 Å². The summed E-state index contributed by atoms with van der Waals surface area (Å²) in [7, 11) is 0. The fourth-order valence-electron chi connectivity index (χ4n) is 1.94. The molecule has 4 nitrogen and oxygen atoms in total. The van der Waals surface area contributed by atoms with E-state index in [0.717, 1.165) is 11.3 Å². The Hall–Kier alpha value is -2.02. The summed E-state index contributed by atoms with van der Waals surface area (Å²) in [4.78, 5) is 14.0. The Morgan fingerprint density at radius 1 is 1.44 bits per heavy atom. The summed E-state index contributed by atoms with van der Waals surface area (Å²) < 4.78 is 5.60. The summed E-state index contributed by atoms with van der Waals surface area (Å²) in [6, 6.07) is 9.73. The number of hydrogen-bond donors (Lipinski definition) is 0. The van der Waals surface area contributed by atoms with Crippen molar-refractivity contribution in [3.63, 3.8) is 0 Å². The van der Waals surface area contributed by atoms with Gasteiger partial charge in [-0.2, -0.15) is 5.26 Å². The maximum atomic E-state index is 12.3. The van der Waals surface area contributed by atoms with Crippen LogP contribution in [0.1, 0.15) is 19.4 Å². The van der Waals surface area contributed by atoms with E-state index >= 15 is 0 Å². The number of carbonyl (C=O) groups is 1. The topological polar surface area (TPSA) is 53.3 Å². The molecule has 0 aliphatic carbocycles. The van der Waals surface area contributed by atoms with E-state index in [9.17, 15) is 4.79 Å². The molecule has 2 rings (SSSR count). The molecule has 1 amide bonds. The minimum Gasteiger partial charge on any atom is -0.491 e. The van der Waals surface area contributed by atoms with Crippen LogP contribution < -0.4 is 4.74 Å². The van der Waals surface area contributed by atoms with E-state index in [2.05, 4.69) is 6.07 Å². The normalized spacial score (nSPS) is 15.1. The number of nitrogens with zero attached hydrogens (tertiary/aromatic N) is 2. The summed E-state index contributed by atoms with van der Waals surface area (Å²) >= 11 is 0. The Bertz CT molecular complexity index is 503. The Morgan fingerprint density at radius 3 is 2.89 bits per heavy atom. The van der Waals surface area contributed by atoms with Gasteiger partial charge in [0.1, 0.15) is 17.8 Å². The van der Waals surface area contributed by atoms with Crippen molar-refractivity contribution in [2.45, 2.75) is 20.4 Å². The molecule has 0 bridgehead atoms. The van der Waals surface area contributed by atoms with Gasteiger partial charge in [0, 0.05) is 12.1 Å². The van der Waals surface area contributed by atoms with Crippen LogP contribution in [0.4, 0.5) is 0 Å². The number of ether oxygens (including phenoxy) is 1. The van der Waals surface area contributed by atoms with E-state index in [-0.39, 0.29) is 5.91 Å². The molecule has 1 aromatic carbocycles. The summed E-state index contributed by atoms with van der Waals surface area (Å²) in [5, 5.41) is 9.03. The highest BCUT2D eigenvalue weighted by atomic mass is 16.5. The Kier molecular flexibility index (Phi) is 3.24. The molecule has 0 N–H and O–H groups in total. The molecule has 0 radical (unpaired) electrons. The minimum atomic E-state index is -0.987. The molecule has 0 spiro atoms. The Morgan fingerprint density at radius 2 is 2.17 bits per heavy atom. The number of benzene rings is 1. The summed E-state index contributed by atoms with van der Waals surface area (Å²) in [5.74, 6) is 0.674. The second-order valence-electron chi connectivity index (χ2n) is 4.92. The first-order valence-corrected chi connectivity index (χ1v) is 5.96. The molecule has 0 atom stereocenters. The van der Waals surface area contributed by atoms with E-state index in [1.165, 1.54) is 0 Å². The smallest absolute Gasteiger partial charge is 0.242 e. The van der Waals surface area contributed by atoms with Crippen LogP contribution in [0.5, 0.6) is 5.75 Å². The van der Waals surface area contributed by atoms with Crippen LogP contribution in [0.25, 0.3) is 0 Å². The predicted molar refractivity (Wildman–Crippen MR) is 66.7 cm³/mol. The third-order valence-corrected chi connectivity index (χ3v) is 3.05. The fourth-order valence-corrected chi connectivity index (χ4v) is 1.94. The van der Waals surface area contributed by atoms with Crippen LogP contribution in [0, 0.1) is 16.7 Å². The van der Waals surface area contributed by atoms with Crippen molar-refractivity contribution in [1.82, 2.24) is 4.90 Å². The zero-order chi connectivity index (χ0) is 13.2. The van der Waals surface area contributed by atoms with Gasteiger partial charge in [-0.05, 0) is 19.9 Å². The number of nitriles is 1. The summed E-state index contributed by atoms with van der Waals surface area (Å²) in [6.45, 7) is 4.77. The number of amides is 1. The lowest BCUT2D eigenvalue weighted by Gasteiger charge is -2.26. The number of hydrogen-bond acceptors (Lipinski definition) is 3. The van der Waals surface area contributed by atoms with Crippen LogP contribution in [0.2, 0.25) is 0 Å². The minimum absolute atomic E-state index is 0.148. The molecule has 0 unspecified atom stereocenters. The van der Waals surface area contributed by atoms with Crippen molar-refractivity contribution < 1.29 is 9.53 Å². The second-order valence-corrected chi connectivity index (χ2v) is 4.92. The molecular formula is C14H16N2O2. The van der Waals surface area contributed by atoms with Crippen molar-refractivity contribution in [3.8, 4) is 11.8 Å². The van der Waals surface area contributed by atoms with Gasteiger partial charge >= 0.3 is 0 Å². The van der Waals surface area contributed by atoms with Gasteiger partial charge in [0.25, 0.3) is 0 Å². The number of carbonyl (C=O) groups excluding carboxylic acids is 1. The standard InChI is InChI=1S/C14H16N2O2/c1-14(2,10-15)13(17)16-7-8-18-12-6-4-3-5-11(12)9-16/h3-6H,7-9H2,1-2H3. The molecule has 1 aliphatic heterocycles. The number of rotatable bonds is 1. The SMILES string of the molecule is CC(C)(C#N)C(=O)N1CCOc2ccccc2C1. The molecule has 1 aliphatic rings. The van der Waals surface area contributed by atoms with Gasteiger partial charge in [0.15, 0.2) is 0 Å². The molecule has 0 saturated heterocycles. The lowest BCUT2D eigenvalue weighted by molar-refractivity contribution is -0.138. The molecule has 94 valence electrons. The van der Waals surface area contributed by atoms with Crippen molar-refractivity contribution in [1.29, 1.82) is 5.26 Å². The average molecular weight is 244 g/mol. The van der Waals surface area contributed by atoms with E-state index in [1.54, 1.807) is 18.7 Å². The average Bonchev–Trinajstić information content (AvgIpc) is 2.59. The van der Waals surface area contributed by atoms with Gasteiger partial charge in [-0.25, -0.2) is 0 Å². The van der Waals surface area contributed by atoms with Gasteiger partial charge in [-0.15, -0.1) is 0 Å². The third-order valence-electron chi connectivity index (χ3n) is 3.05. The van der Waals surface area contributed by atoms with Crippen LogP contribution >= 0.6 is 0 Å².